The molecule has 1 aromatic carbocycles. The van der Waals surface area contributed by atoms with Gasteiger partial charge in [0.05, 0.1) is 0 Å². The summed E-state index contributed by atoms with van der Waals surface area (Å²) in [5, 5.41) is 10.9. The number of hydrogen-bond acceptors (Lipinski definition) is 3. The molecule has 6 heteroatoms. The predicted octanol–water partition coefficient (Wildman–Crippen LogP) is 2.69. The maximum Gasteiger partial charge on any atom is 0.326 e. The van der Waals surface area contributed by atoms with Gasteiger partial charge in [-0.15, -0.1) is 0 Å². The molecular weight excluding hydrogens is 332 g/mol. The van der Waals surface area contributed by atoms with Gasteiger partial charge in [-0.05, 0) is 49.1 Å². The van der Waals surface area contributed by atoms with E-state index in [9.17, 15) is 19.5 Å². The third-order valence-electron chi connectivity index (χ3n) is 6.01. The number of nitrogens with one attached hydrogen (secondary N) is 1. The molecule has 1 saturated carbocycles. The molecule has 2 N–H and O–H groups in total. The van der Waals surface area contributed by atoms with E-state index in [1.54, 1.807) is 19.1 Å². The number of hydrogen-bond donors (Lipinski definition) is 2. The van der Waals surface area contributed by atoms with Crippen molar-refractivity contribution in [1.29, 1.82) is 0 Å². The van der Waals surface area contributed by atoms with Gasteiger partial charge in [-0.1, -0.05) is 31.0 Å². The second-order valence-electron chi connectivity index (χ2n) is 7.41. The molecule has 2 aliphatic rings. The highest BCUT2D eigenvalue weighted by Gasteiger charge is 2.48. The molecule has 2 fully saturated rings. The average Bonchev–Trinajstić information content (AvgIpc) is 3.04. The highest BCUT2D eigenvalue weighted by Crippen LogP contribution is 2.40. The number of aliphatic carboxylic acids is 1. The summed E-state index contributed by atoms with van der Waals surface area (Å²) in [7, 11) is 0. The van der Waals surface area contributed by atoms with Crippen molar-refractivity contribution in [3.8, 4) is 0 Å². The number of aryl methyl sites for hydroxylation is 1. The van der Waals surface area contributed by atoms with Crippen LogP contribution in [0.4, 0.5) is 0 Å². The molecule has 1 aliphatic heterocycles. The zero-order valence-electron chi connectivity index (χ0n) is 14.7. The molecule has 6 nitrogen and oxygen atoms in total. The van der Waals surface area contributed by atoms with Gasteiger partial charge in [-0.25, -0.2) is 4.79 Å². The van der Waals surface area contributed by atoms with Gasteiger partial charge in [0.25, 0.3) is 11.5 Å². The molecule has 2 aromatic rings. The number of nitrogens with zero attached hydrogens (tertiary/aromatic N) is 1. The van der Waals surface area contributed by atoms with Crippen LogP contribution in [-0.4, -0.2) is 39.0 Å². The van der Waals surface area contributed by atoms with Gasteiger partial charge >= 0.3 is 5.97 Å². The standard InChI is InChI=1S/C20H22N2O4/c1-11-13-7-3-4-8-14(13)18(23)21-17(11)19(24)22-15-9-5-2-6-12(15)10-16(22)20(25)26/h3-4,7-8,12,15-16H,2,5-6,9-10H2,1H3,(H,21,23)(H,25,26). The predicted molar refractivity (Wildman–Crippen MR) is 97.3 cm³/mol. The number of pyridine rings is 1. The number of carbonyl (C=O) groups is 2. The lowest BCUT2D eigenvalue weighted by Gasteiger charge is -2.33. The number of aromatic amines is 1. The first-order valence-electron chi connectivity index (χ1n) is 9.16. The first-order valence-corrected chi connectivity index (χ1v) is 9.16. The number of benzene rings is 1. The van der Waals surface area contributed by atoms with Crippen LogP contribution in [0.25, 0.3) is 10.8 Å². The summed E-state index contributed by atoms with van der Waals surface area (Å²) in [6.07, 6.45) is 4.39. The number of likely N-dealkylation sites (tertiary alicyclic amines) is 1. The Morgan fingerprint density at radius 3 is 2.58 bits per heavy atom. The molecular formula is C20H22N2O4. The SMILES string of the molecule is Cc1c(C(=O)N2C(C(=O)O)CC3CCCCC32)[nH]c(=O)c2ccccc12. The van der Waals surface area contributed by atoms with Crippen LogP contribution in [0.15, 0.2) is 29.1 Å². The van der Waals surface area contributed by atoms with E-state index in [-0.39, 0.29) is 29.1 Å². The van der Waals surface area contributed by atoms with Crippen molar-refractivity contribution in [3.63, 3.8) is 0 Å². The second-order valence-corrected chi connectivity index (χ2v) is 7.41. The zero-order valence-corrected chi connectivity index (χ0v) is 14.7. The second kappa shape index (κ2) is 6.27. The van der Waals surface area contributed by atoms with Crippen LogP contribution >= 0.6 is 0 Å². The van der Waals surface area contributed by atoms with Gasteiger partial charge in [-0.2, -0.15) is 0 Å². The Bertz CT molecular complexity index is 948. The third kappa shape index (κ3) is 2.52. The van der Waals surface area contributed by atoms with E-state index in [1.807, 2.05) is 12.1 Å². The summed E-state index contributed by atoms with van der Waals surface area (Å²) >= 11 is 0. The minimum Gasteiger partial charge on any atom is -0.480 e. The Labute approximate surface area is 150 Å². The number of amides is 1. The van der Waals surface area contributed by atoms with E-state index in [0.717, 1.165) is 31.1 Å². The molecule has 3 atom stereocenters. The van der Waals surface area contributed by atoms with Crippen LogP contribution in [-0.2, 0) is 4.79 Å². The van der Waals surface area contributed by atoms with Crippen LogP contribution in [0.3, 0.4) is 0 Å². The fourth-order valence-corrected chi connectivity index (χ4v) is 4.73. The molecule has 0 spiro atoms. The number of rotatable bonds is 2. The van der Waals surface area contributed by atoms with Crippen molar-refractivity contribution in [2.24, 2.45) is 5.92 Å². The Morgan fingerprint density at radius 2 is 1.85 bits per heavy atom. The van der Waals surface area contributed by atoms with Crippen LogP contribution in [0.1, 0.15) is 48.2 Å². The highest BCUT2D eigenvalue weighted by atomic mass is 16.4. The van der Waals surface area contributed by atoms with Crippen molar-refractivity contribution >= 4 is 22.6 Å². The molecule has 2 heterocycles. The molecule has 1 amide bonds. The molecule has 1 aliphatic carbocycles. The van der Waals surface area contributed by atoms with Gasteiger partial charge in [0.15, 0.2) is 0 Å². The van der Waals surface area contributed by atoms with E-state index in [4.69, 9.17) is 0 Å². The zero-order chi connectivity index (χ0) is 18.4. The van der Waals surface area contributed by atoms with Crippen LogP contribution in [0, 0.1) is 12.8 Å². The number of fused-ring (bicyclic) bond motifs is 2. The van der Waals surface area contributed by atoms with Crippen LogP contribution < -0.4 is 5.56 Å². The Morgan fingerprint density at radius 1 is 1.15 bits per heavy atom. The van der Waals surface area contributed by atoms with Crippen LogP contribution in [0.5, 0.6) is 0 Å². The molecule has 0 bridgehead atoms. The van der Waals surface area contributed by atoms with Crippen LogP contribution in [0.2, 0.25) is 0 Å². The normalized spacial score (nSPS) is 25.3. The summed E-state index contributed by atoms with van der Waals surface area (Å²) < 4.78 is 0. The van der Waals surface area contributed by atoms with E-state index >= 15 is 0 Å². The molecule has 26 heavy (non-hydrogen) atoms. The Balaban J connectivity index is 1.81. The van der Waals surface area contributed by atoms with E-state index in [1.165, 1.54) is 4.90 Å². The quantitative estimate of drug-likeness (QED) is 0.867. The van der Waals surface area contributed by atoms with Gasteiger partial charge in [-0.3, -0.25) is 9.59 Å². The number of carbonyl (C=O) groups excluding carboxylic acids is 1. The fraction of sp³-hybridized carbons (Fsp3) is 0.450. The van der Waals surface area contributed by atoms with E-state index < -0.39 is 12.0 Å². The number of H-pyrrole nitrogens is 1. The summed E-state index contributed by atoms with van der Waals surface area (Å²) in [5.41, 5.74) is 0.584. The van der Waals surface area contributed by atoms with Crippen molar-refractivity contribution in [2.45, 2.75) is 51.1 Å². The first kappa shape index (κ1) is 16.8. The minimum atomic E-state index is -0.964. The van der Waals surface area contributed by atoms with Gasteiger partial charge in [0.2, 0.25) is 0 Å². The van der Waals surface area contributed by atoms with Gasteiger partial charge in [0.1, 0.15) is 11.7 Å². The topological polar surface area (TPSA) is 90.5 Å². The largest absolute Gasteiger partial charge is 0.480 e. The third-order valence-corrected chi connectivity index (χ3v) is 6.01. The van der Waals surface area contributed by atoms with Crippen molar-refractivity contribution in [3.05, 3.63) is 45.9 Å². The number of carboxylic acids is 1. The first-order chi connectivity index (χ1) is 12.5. The van der Waals surface area contributed by atoms with Gasteiger partial charge in [0, 0.05) is 11.4 Å². The highest BCUT2D eigenvalue weighted by molar-refractivity contribution is 6.01. The fourth-order valence-electron chi connectivity index (χ4n) is 4.73. The minimum absolute atomic E-state index is 0.0493. The number of carboxylic acid groups (broad SMARTS) is 1. The monoisotopic (exact) mass is 354 g/mol. The maximum atomic E-state index is 13.3. The Hall–Kier alpha value is -2.63. The van der Waals surface area contributed by atoms with Gasteiger partial charge < -0.3 is 15.0 Å². The summed E-state index contributed by atoms with van der Waals surface area (Å²) in [4.78, 5) is 41.8. The Kier molecular flexibility index (Phi) is 4.05. The van der Waals surface area contributed by atoms with E-state index in [0.29, 0.717) is 17.4 Å². The van der Waals surface area contributed by atoms with Crippen molar-refractivity contribution in [2.75, 3.05) is 0 Å². The maximum absolute atomic E-state index is 13.3. The molecule has 3 unspecified atom stereocenters. The lowest BCUT2D eigenvalue weighted by molar-refractivity contribution is -0.141. The number of aromatic nitrogens is 1. The smallest absolute Gasteiger partial charge is 0.326 e. The van der Waals surface area contributed by atoms with Crippen molar-refractivity contribution < 1.29 is 14.7 Å². The van der Waals surface area contributed by atoms with E-state index in [2.05, 4.69) is 4.98 Å². The summed E-state index contributed by atoms with van der Waals surface area (Å²) in [6.45, 7) is 1.80. The lowest BCUT2D eigenvalue weighted by Crippen LogP contribution is -2.47. The lowest BCUT2D eigenvalue weighted by atomic mass is 9.84. The molecule has 136 valence electrons. The average molecular weight is 354 g/mol. The summed E-state index contributed by atoms with van der Waals surface area (Å²) in [5.74, 6) is -1.10. The molecule has 0 radical (unpaired) electrons. The van der Waals surface area contributed by atoms with Crippen molar-refractivity contribution in [1.82, 2.24) is 9.88 Å². The summed E-state index contributed by atoms with van der Waals surface area (Å²) in [6, 6.07) is 6.29. The molecule has 1 saturated heterocycles. The molecule has 1 aromatic heterocycles. The molecule has 4 rings (SSSR count).